The maximum Gasteiger partial charge on any atom is 0.181 e. The Morgan fingerprint density at radius 3 is 2.63 bits per heavy atom. The first-order chi connectivity index (χ1) is 13.3. The van der Waals surface area contributed by atoms with Gasteiger partial charge in [0.25, 0.3) is 0 Å². The van der Waals surface area contributed by atoms with Gasteiger partial charge in [0, 0.05) is 36.4 Å². The van der Waals surface area contributed by atoms with Gasteiger partial charge in [0.1, 0.15) is 0 Å². The SMILES string of the molecule is O=C(Cc1ccccc1)C1=Nc2cc3c(nc2C1)CN=C3c1ccncc1. The van der Waals surface area contributed by atoms with E-state index in [-0.39, 0.29) is 5.78 Å². The summed E-state index contributed by atoms with van der Waals surface area (Å²) >= 11 is 0. The van der Waals surface area contributed by atoms with Crippen LogP contribution in [0.15, 0.2) is 70.9 Å². The van der Waals surface area contributed by atoms with Crippen LogP contribution >= 0.6 is 0 Å². The number of benzene rings is 1. The minimum Gasteiger partial charge on any atom is -0.292 e. The molecule has 0 amide bonds. The summed E-state index contributed by atoms with van der Waals surface area (Å²) in [5.74, 6) is 0.0578. The second kappa shape index (κ2) is 6.36. The van der Waals surface area contributed by atoms with E-state index in [0.717, 1.165) is 39.5 Å². The van der Waals surface area contributed by atoms with Crippen LogP contribution in [-0.2, 0) is 24.2 Å². The number of rotatable bonds is 4. The van der Waals surface area contributed by atoms with Crippen molar-refractivity contribution in [2.24, 2.45) is 9.98 Å². The molecule has 2 aliphatic heterocycles. The van der Waals surface area contributed by atoms with Crippen molar-refractivity contribution in [3.8, 4) is 0 Å². The Balaban J connectivity index is 1.43. The van der Waals surface area contributed by atoms with Gasteiger partial charge in [-0.25, -0.2) is 4.99 Å². The van der Waals surface area contributed by atoms with Gasteiger partial charge in [0.05, 0.1) is 35.0 Å². The van der Waals surface area contributed by atoms with Crippen LogP contribution in [0, 0.1) is 0 Å². The molecule has 0 fully saturated rings. The van der Waals surface area contributed by atoms with Crippen molar-refractivity contribution in [1.29, 1.82) is 0 Å². The molecule has 0 saturated carbocycles. The Bertz CT molecular complexity index is 1100. The Hall–Kier alpha value is -3.47. The molecule has 0 radical (unpaired) electrons. The number of Topliss-reactive ketones (excluding diaryl/α,β-unsaturated/α-hetero) is 1. The van der Waals surface area contributed by atoms with Gasteiger partial charge in [-0.15, -0.1) is 0 Å². The zero-order valence-corrected chi connectivity index (χ0v) is 14.6. The number of carbonyl (C=O) groups is 1. The van der Waals surface area contributed by atoms with Gasteiger partial charge in [-0.3, -0.25) is 19.8 Å². The topological polar surface area (TPSA) is 67.6 Å². The van der Waals surface area contributed by atoms with E-state index in [1.807, 2.05) is 48.5 Å². The summed E-state index contributed by atoms with van der Waals surface area (Å²) in [6.07, 6.45) is 4.39. The summed E-state index contributed by atoms with van der Waals surface area (Å²) in [4.78, 5) is 30.7. The lowest BCUT2D eigenvalue weighted by molar-refractivity contribution is -0.112. The van der Waals surface area contributed by atoms with Crippen LogP contribution in [0.2, 0.25) is 0 Å². The van der Waals surface area contributed by atoms with E-state index in [1.54, 1.807) is 12.4 Å². The van der Waals surface area contributed by atoms with E-state index in [1.165, 1.54) is 0 Å². The highest BCUT2D eigenvalue weighted by atomic mass is 16.1. The lowest BCUT2D eigenvalue weighted by Gasteiger charge is -2.05. The number of nitrogens with zero attached hydrogens (tertiary/aromatic N) is 4. The van der Waals surface area contributed by atoms with Crippen molar-refractivity contribution in [3.63, 3.8) is 0 Å². The van der Waals surface area contributed by atoms with Crippen LogP contribution in [0.1, 0.15) is 28.1 Å². The summed E-state index contributed by atoms with van der Waals surface area (Å²) in [7, 11) is 0. The number of pyridine rings is 2. The van der Waals surface area contributed by atoms with Gasteiger partial charge in [0.15, 0.2) is 5.78 Å². The summed E-state index contributed by atoms with van der Waals surface area (Å²) in [5.41, 5.74) is 7.14. The maximum absolute atomic E-state index is 12.6. The van der Waals surface area contributed by atoms with E-state index in [2.05, 4.69) is 15.0 Å². The summed E-state index contributed by atoms with van der Waals surface area (Å²) in [6, 6.07) is 15.7. The van der Waals surface area contributed by atoms with Crippen molar-refractivity contribution in [2.45, 2.75) is 19.4 Å². The van der Waals surface area contributed by atoms with Gasteiger partial charge in [-0.05, 0) is 23.8 Å². The molecule has 5 nitrogen and oxygen atoms in total. The molecule has 130 valence electrons. The Morgan fingerprint density at radius 2 is 1.81 bits per heavy atom. The van der Waals surface area contributed by atoms with Gasteiger partial charge in [-0.2, -0.15) is 0 Å². The standard InChI is InChI=1S/C22H16N4O/c27-21(10-14-4-2-1-3-5-14)19-12-18-17(25-19)11-16-20(26-18)13-24-22(16)15-6-8-23-9-7-15/h1-9,11H,10,12-13H2. The first kappa shape index (κ1) is 15.8. The number of carbonyl (C=O) groups excluding carboxylic acids is 1. The van der Waals surface area contributed by atoms with E-state index in [4.69, 9.17) is 4.98 Å². The molecule has 0 spiro atoms. The molecule has 1 aromatic carbocycles. The molecule has 0 aliphatic carbocycles. The molecule has 2 aromatic heterocycles. The zero-order valence-electron chi connectivity index (χ0n) is 14.6. The van der Waals surface area contributed by atoms with Crippen molar-refractivity contribution in [2.75, 3.05) is 0 Å². The fourth-order valence-corrected chi connectivity index (χ4v) is 3.52. The molecule has 0 bridgehead atoms. The van der Waals surface area contributed by atoms with E-state index in [0.29, 0.717) is 25.1 Å². The van der Waals surface area contributed by atoms with Crippen LogP contribution < -0.4 is 0 Å². The lowest BCUT2D eigenvalue weighted by Crippen LogP contribution is -2.16. The van der Waals surface area contributed by atoms with Crippen molar-refractivity contribution in [1.82, 2.24) is 9.97 Å². The van der Waals surface area contributed by atoms with Gasteiger partial charge >= 0.3 is 0 Å². The predicted molar refractivity (Wildman–Crippen MR) is 104 cm³/mol. The number of hydrogen-bond donors (Lipinski definition) is 0. The summed E-state index contributed by atoms with van der Waals surface area (Å²) in [5, 5.41) is 0. The van der Waals surface area contributed by atoms with Crippen LogP contribution in [-0.4, -0.2) is 27.2 Å². The molecule has 5 rings (SSSR count). The monoisotopic (exact) mass is 352 g/mol. The lowest BCUT2D eigenvalue weighted by atomic mass is 10.0. The molecule has 0 atom stereocenters. The number of hydrogen-bond acceptors (Lipinski definition) is 5. The molecular weight excluding hydrogens is 336 g/mol. The quantitative estimate of drug-likeness (QED) is 0.724. The minimum atomic E-state index is 0.0578. The van der Waals surface area contributed by atoms with Crippen LogP contribution in [0.25, 0.3) is 0 Å². The predicted octanol–water partition coefficient (Wildman–Crippen LogP) is 3.27. The number of ketones is 1. The van der Waals surface area contributed by atoms with Gasteiger partial charge in [0.2, 0.25) is 0 Å². The van der Waals surface area contributed by atoms with Crippen LogP contribution in [0.5, 0.6) is 0 Å². The molecule has 27 heavy (non-hydrogen) atoms. The molecule has 0 saturated heterocycles. The highest BCUT2D eigenvalue weighted by Gasteiger charge is 2.27. The number of aromatic nitrogens is 2. The third-order valence-electron chi connectivity index (χ3n) is 4.87. The molecule has 0 unspecified atom stereocenters. The second-order valence-corrected chi connectivity index (χ2v) is 6.67. The smallest absolute Gasteiger partial charge is 0.181 e. The Labute approximate surface area is 156 Å². The number of aliphatic imine (C=N–C) groups is 2. The molecule has 0 N–H and O–H groups in total. The first-order valence-corrected chi connectivity index (χ1v) is 8.90. The molecule has 3 aromatic rings. The zero-order chi connectivity index (χ0) is 18.2. The minimum absolute atomic E-state index is 0.0578. The van der Waals surface area contributed by atoms with Crippen molar-refractivity contribution in [3.05, 3.63) is 89.0 Å². The number of fused-ring (bicyclic) bond motifs is 2. The van der Waals surface area contributed by atoms with E-state index >= 15 is 0 Å². The average molecular weight is 352 g/mol. The molecule has 5 heteroatoms. The second-order valence-electron chi connectivity index (χ2n) is 6.67. The van der Waals surface area contributed by atoms with E-state index < -0.39 is 0 Å². The van der Waals surface area contributed by atoms with Crippen LogP contribution in [0.4, 0.5) is 5.69 Å². The van der Waals surface area contributed by atoms with E-state index in [9.17, 15) is 4.79 Å². The normalized spacial score (nSPS) is 14.4. The van der Waals surface area contributed by atoms with Crippen LogP contribution in [0.3, 0.4) is 0 Å². The third kappa shape index (κ3) is 2.87. The molecular formula is C22H16N4O. The molecule has 4 heterocycles. The summed E-state index contributed by atoms with van der Waals surface area (Å²) < 4.78 is 0. The largest absolute Gasteiger partial charge is 0.292 e. The van der Waals surface area contributed by atoms with Crippen molar-refractivity contribution >= 4 is 22.9 Å². The maximum atomic E-state index is 12.6. The fraction of sp³-hybridized carbons (Fsp3) is 0.136. The highest BCUT2D eigenvalue weighted by Crippen LogP contribution is 2.32. The van der Waals surface area contributed by atoms with Crippen molar-refractivity contribution < 1.29 is 4.79 Å². The fourth-order valence-electron chi connectivity index (χ4n) is 3.52. The Kier molecular flexibility index (Phi) is 3.71. The first-order valence-electron chi connectivity index (χ1n) is 8.90. The Morgan fingerprint density at radius 1 is 1.00 bits per heavy atom. The average Bonchev–Trinajstić information content (AvgIpc) is 3.31. The van der Waals surface area contributed by atoms with Gasteiger partial charge < -0.3 is 0 Å². The highest BCUT2D eigenvalue weighted by molar-refractivity contribution is 6.42. The molecule has 2 aliphatic rings. The summed E-state index contributed by atoms with van der Waals surface area (Å²) in [6.45, 7) is 0.563. The third-order valence-corrected chi connectivity index (χ3v) is 4.87. The van der Waals surface area contributed by atoms with Gasteiger partial charge in [-0.1, -0.05) is 30.3 Å².